The molecule has 1 aliphatic carbocycles. The van der Waals surface area contributed by atoms with E-state index < -0.39 is 5.97 Å². The number of methoxy groups -OCH3 is 1. The molecule has 0 saturated carbocycles. The van der Waals surface area contributed by atoms with Gasteiger partial charge in [-0.3, -0.25) is 4.79 Å². The zero-order chi connectivity index (χ0) is 17.4. The third kappa shape index (κ3) is 2.84. The van der Waals surface area contributed by atoms with Gasteiger partial charge in [-0.2, -0.15) is 0 Å². The SMILES string of the molecule is COC(=O)c1c(NC(=O)c2c(C)noc2C)sc2c1CC[C@@H](C)C2. The summed E-state index contributed by atoms with van der Waals surface area (Å²) in [5, 5.41) is 7.21. The maximum atomic E-state index is 12.6. The van der Waals surface area contributed by atoms with E-state index in [9.17, 15) is 9.59 Å². The monoisotopic (exact) mass is 348 g/mol. The Morgan fingerprint density at radius 2 is 2.08 bits per heavy atom. The predicted molar refractivity (Wildman–Crippen MR) is 90.8 cm³/mol. The summed E-state index contributed by atoms with van der Waals surface area (Å²) >= 11 is 1.46. The molecule has 3 rings (SSSR count). The van der Waals surface area contributed by atoms with E-state index in [0.717, 1.165) is 29.7 Å². The number of anilines is 1. The largest absolute Gasteiger partial charge is 0.465 e. The lowest BCUT2D eigenvalue weighted by atomic mass is 9.88. The van der Waals surface area contributed by atoms with Crippen LogP contribution in [0.25, 0.3) is 0 Å². The third-order valence-corrected chi connectivity index (χ3v) is 5.56. The number of nitrogens with one attached hydrogen (secondary N) is 1. The van der Waals surface area contributed by atoms with Crippen molar-refractivity contribution in [1.82, 2.24) is 5.16 Å². The topological polar surface area (TPSA) is 81.4 Å². The van der Waals surface area contributed by atoms with Crippen molar-refractivity contribution >= 4 is 28.2 Å². The Kier molecular flexibility index (Phi) is 4.45. The minimum atomic E-state index is -0.406. The molecular weight excluding hydrogens is 328 g/mol. The molecule has 2 aromatic rings. The molecule has 7 heteroatoms. The van der Waals surface area contributed by atoms with Crippen LogP contribution in [0.5, 0.6) is 0 Å². The number of carbonyl (C=O) groups is 2. The molecule has 0 saturated heterocycles. The molecule has 0 spiro atoms. The smallest absolute Gasteiger partial charge is 0.341 e. The van der Waals surface area contributed by atoms with Crippen molar-refractivity contribution in [3.63, 3.8) is 0 Å². The highest BCUT2D eigenvalue weighted by Gasteiger charge is 2.29. The molecule has 1 atom stereocenters. The van der Waals surface area contributed by atoms with Crippen molar-refractivity contribution in [2.45, 2.75) is 40.0 Å². The van der Waals surface area contributed by atoms with Gasteiger partial charge in [-0.15, -0.1) is 11.3 Å². The third-order valence-electron chi connectivity index (χ3n) is 4.39. The fourth-order valence-corrected chi connectivity index (χ4v) is 4.52. The molecule has 0 radical (unpaired) electrons. The number of aromatic nitrogens is 1. The van der Waals surface area contributed by atoms with E-state index in [0.29, 0.717) is 33.5 Å². The zero-order valence-corrected chi connectivity index (χ0v) is 15.0. The Labute approximate surface area is 144 Å². The molecule has 1 aliphatic rings. The molecule has 0 aliphatic heterocycles. The van der Waals surface area contributed by atoms with E-state index in [-0.39, 0.29) is 5.91 Å². The highest BCUT2D eigenvalue weighted by molar-refractivity contribution is 7.17. The number of rotatable bonds is 3. The Morgan fingerprint density at radius 1 is 1.33 bits per heavy atom. The van der Waals surface area contributed by atoms with Crippen LogP contribution in [0.15, 0.2) is 4.52 Å². The molecule has 24 heavy (non-hydrogen) atoms. The van der Waals surface area contributed by atoms with Gasteiger partial charge in [-0.05, 0) is 44.6 Å². The van der Waals surface area contributed by atoms with Gasteiger partial charge < -0.3 is 14.6 Å². The van der Waals surface area contributed by atoms with Crippen molar-refractivity contribution in [3.05, 3.63) is 33.0 Å². The highest BCUT2D eigenvalue weighted by Crippen LogP contribution is 2.40. The van der Waals surface area contributed by atoms with Crippen molar-refractivity contribution in [2.24, 2.45) is 5.92 Å². The number of thiophene rings is 1. The summed E-state index contributed by atoms with van der Waals surface area (Å²) in [5.74, 6) is 0.312. The van der Waals surface area contributed by atoms with E-state index in [2.05, 4.69) is 17.4 Å². The highest BCUT2D eigenvalue weighted by atomic mass is 32.1. The molecule has 1 amide bonds. The molecule has 0 bridgehead atoms. The minimum absolute atomic E-state index is 0.317. The zero-order valence-electron chi connectivity index (χ0n) is 14.2. The first-order chi connectivity index (χ1) is 11.4. The number of esters is 1. The van der Waals surface area contributed by atoms with E-state index in [1.807, 2.05) is 0 Å². The van der Waals surface area contributed by atoms with E-state index in [4.69, 9.17) is 9.26 Å². The van der Waals surface area contributed by atoms with Crippen LogP contribution in [0.2, 0.25) is 0 Å². The number of carbonyl (C=O) groups excluding carboxylic acids is 2. The maximum Gasteiger partial charge on any atom is 0.341 e. The van der Waals surface area contributed by atoms with Crippen LogP contribution in [0.3, 0.4) is 0 Å². The van der Waals surface area contributed by atoms with Crippen LogP contribution in [0.1, 0.15) is 56.0 Å². The van der Waals surface area contributed by atoms with Gasteiger partial charge in [0.25, 0.3) is 5.91 Å². The number of hydrogen-bond acceptors (Lipinski definition) is 6. The number of aryl methyl sites for hydroxylation is 2. The summed E-state index contributed by atoms with van der Waals surface area (Å²) in [6, 6.07) is 0. The summed E-state index contributed by atoms with van der Waals surface area (Å²) < 4.78 is 9.98. The number of fused-ring (bicyclic) bond motifs is 1. The average molecular weight is 348 g/mol. The summed E-state index contributed by atoms with van der Waals surface area (Å²) in [6.45, 7) is 5.60. The first kappa shape index (κ1) is 16.7. The molecule has 0 unspecified atom stereocenters. The van der Waals surface area contributed by atoms with Gasteiger partial charge in [0.2, 0.25) is 0 Å². The second kappa shape index (κ2) is 6.39. The lowest BCUT2D eigenvalue weighted by Crippen LogP contribution is -2.16. The number of amides is 1. The van der Waals surface area contributed by atoms with Gasteiger partial charge >= 0.3 is 5.97 Å². The number of hydrogen-bond donors (Lipinski definition) is 1. The number of ether oxygens (including phenoxy) is 1. The molecule has 0 aromatic carbocycles. The molecule has 0 fully saturated rings. The van der Waals surface area contributed by atoms with Gasteiger partial charge in [-0.25, -0.2) is 4.79 Å². The van der Waals surface area contributed by atoms with E-state index in [1.54, 1.807) is 13.8 Å². The summed E-state index contributed by atoms with van der Waals surface area (Å²) in [7, 11) is 1.36. The van der Waals surface area contributed by atoms with E-state index in [1.165, 1.54) is 18.4 Å². The van der Waals surface area contributed by atoms with Gasteiger partial charge in [0, 0.05) is 4.88 Å². The van der Waals surface area contributed by atoms with Crippen LogP contribution in [0.4, 0.5) is 5.00 Å². The van der Waals surface area contributed by atoms with Crippen LogP contribution in [0, 0.1) is 19.8 Å². The van der Waals surface area contributed by atoms with Gasteiger partial charge in [0.15, 0.2) is 0 Å². The summed E-state index contributed by atoms with van der Waals surface area (Å²) in [5.41, 5.74) is 2.44. The fraction of sp³-hybridized carbons (Fsp3) is 0.471. The maximum absolute atomic E-state index is 12.6. The molecule has 6 nitrogen and oxygen atoms in total. The van der Waals surface area contributed by atoms with Gasteiger partial charge in [-0.1, -0.05) is 12.1 Å². The lowest BCUT2D eigenvalue weighted by Gasteiger charge is -2.18. The van der Waals surface area contributed by atoms with Crippen LogP contribution in [-0.2, 0) is 17.6 Å². The minimum Gasteiger partial charge on any atom is -0.465 e. The van der Waals surface area contributed by atoms with Gasteiger partial charge in [0.1, 0.15) is 16.3 Å². The average Bonchev–Trinajstić information content (AvgIpc) is 3.05. The quantitative estimate of drug-likeness (QED) is 0.858. The Morgan fingerprint density at radius 3 is 2.71 bits per heavy atom. The van der Waals surface area contributed by atoms with E-state index >= 15 is 0 Å². The Balaban J connectivity index is 1.98. The van der Waals surface area contributed by atoms with Crippen molar-refractivity contribution in [2.75, 3.05) is 12.4 Å². The van der Waals surface area contributed by atoms with Crippen LogP contribution < -0.4 is 5.32 Å². The van der Waals surface area contributed by atoms with Crippen molar-refractivity contribution in [1.29, 1.82) is 0 Å². The predicted octanol–water partition coefficient (Wildman–Crippen LogP) is 3.52. The van der Waals surface area contributed by atoms with Crippen molar-refractivity contribution < 1.29 is 18.8 Å². The molecule has 2 aromatic heterocycles. The summed E-state index contributed by atoms with van der Waals surface area (Å²) in [4.78, 5) is 26.0. The van der Waals surface area contributed by atoms with Gasteiger partial charge in [0.05, 0.1) is 18.4 Å². The Hall–Kier alpha value is -2.15. The molecular formula is C17H20N2O4S. The van der Waals surface area contributed by atoms with Crippen LogP contribution >= 0.6 is 11.3 Å². The summed E-state index contributed by atoms with van der Waals surface area (Å²) in [6.07, 6.45) is 2.79. The fourth-order valence-electron chi connectivity index (χ4n) is 3.13. The second-order valence-electron chi connectivity index (χ2n) is 6.20. The lowest BCUT2D eigenvalue weighted by molar-refractivity contribution is 0.0601. The standard InChI is InChI=1S/C17H20N2O4S/c1-8-5-6-11-12(7-8)24-16(14(11)17(21)22-4)18-15(20)13-9(2)19-23-10(13)3/h8H,5-7H2,1-4H3,(H,18,20)/t8-/m1/s1. The number of nitrogens with zero attached hydrogens (tertiary/aromatic N) is 1. The second-order valence-corrected chi connectivity index (χ2v) is 7.31. The Bertz CT molecular complexity index is 786. The molecule has 2 heterocycles. The first-order valence-corrected chi connectivity index (χ1v) is 8.71. The normalized spacial score (nSPS) is 16.6. The van der Waals surface area contributed by atoms with Crippen molar-refractivity contribution in [3.8, 4) is 0 Å². The molecule has 1 N–H and O–H groups in total. The molecule has 128 valence electrons. The first-order valence-electron chi connectivity index (χ1n) is 7.89. The van der Waals surface area contributed by atoms with Crippen LogP contribution in [-0.4, -0.2) is 24.1 Å².